The van der Waals surface area contributed by atoms with Gasteiger partial charge in [0.05, 0.1) is 12.1 Å². The zero-order chi connectivity index (χ0) is 44.1. The largest absolute Gasteiger partial charge is 0.445 e. The van der Waals surface area contributed by atoms with Crippen molar-refractivity contribution < 1.29 is 33.1 Å². The maximum atomic E-state index is 14.8. The van der Waals surface area contributed by atoms with Gasteiger partial charge in [-0.3, -0.25) is 9.59 Å². The number of ether oxygens (including phenoxy) is 2. The van der Waals surface area contributed by atoms with Gasteiger partial charge in [0.2, 0.25) is 11.8 Å². The monoisotopic (exact) mass is 843 g/mol. The first-order valence-corrected chi connectivity index (χ1v) is 24.4. The predicted octanol–water partition coefficient (Wildman–Crippen LogP) is 8.82. The van der Waals surface area contributed by atoms with Crippen molar-refractivity contribution >= 4 is 32.3 Å². The van der Waals surface area contributed by atoms with Crippen molar-refractivity contribution in [3.05, 3.63) is 108 Å². The van der Waals surface area contributed by atoms with Crippen molar-refractivity contribution in [1.82, 2.24) is 20.9 Å². The first-order chi connectivity index (χ1) is 28.2. The number of nitrogens with one attached hydrogen (secondary N) is 3. The van der Waals surface area contributed by atoms with Gasteiger partial charge in [-0.15, -0.1) is 0 Å². The number of hydrogen-bond acceptors (Lipinski definition) is 7. The molecule has 1 aliphatic heterocycles. The summed E-state index contributed by atoms with van der Waals surface area (Å²) in [4.78, 5) is 56.9. The smallest absolute Gasteiger partial charge is 0.407 e. The van der Waals surface area contributed by atoms with Crippen LogP contribution in [0, 0.1) is 11.8 Å². The predicted molar refractivity (Wildman–Crippen MR) is 240 cm³/mol. The highest BCUT2D eigenvalue weighted by Crippen LogP contribution is 2.39. The Labute approximate surface area is 359 Å². The van der Waals surface area contributed by atoms with Crippen molar-refractivity contribution in [2.24, 2.45) is 11.8 Å². The van der Waals surface area contributed by atoms with Crippen molar-refractivity contribution in [3.63, 3.8) is 0 Å². The van der Waals surface area contributed by atoms with Crippen LogP contribution in [-0.2, 0) is 42.9 Å². The lowest BCUT2D eigenvalue weighted by Gasteiger charge is -2.42. The molecule has 4 atom stereocenters. The summed E-state index contributed by atoms with van der Waals surface area (Å²) in [7, 11) is -2.49. The lowest BCUT2D eigenvalue weighted by atomic mass is 9.88. The van der Waals surface area contributed by atoms with Crippen LogP contribution < -0.4 is 16.0 Å². The van der Waals surface area contributed by atoms with E-state index in [1.807, 2.05) is 126 Å². The van der Waals surface area contributed by atoms with Crippen LogP contribution in [0.1, 0.15) is 91.3 Å². The lowest BCUT2D eigenvalue weighted by molar-refractivity contribution is -0.139. The Balaban J connectivity index is 1.57. The molecule has 0 spiro atoms. The molecule has 3 aromatic rings. The van der Waals surface area contributed by atoms with Gasteiger partial charge in [0, 0.05) is 25.0 Å². The second kappa shape index (κ2) is 21.7. The first-order valence-electron chi connectivity index (χ1n) is 21.5. The van der Waals surface area contributed by atoms with Crippen LogP contribution in [0.5, 0.6) is 0 Å². The van der Waals surface area contributed by atoms with E-state index in [2.05, 4.69) is 49.8 Å². The summed E-state index contributed by atoms with van der Waals surface area (Å²) in [5.74, 6) is -1.19. The molecule has 3 unspecified atom stereocenters. The molecule has 1 heterocycles. The highest BCUT2D eigenvalue weighted by atomic mass is 28.4. The number of alkyl carbamates (subject to hydrolysis) is 2. The molecule has 3 aromatic carbocycles. The van der Waals surface area contributed by atoms with Gasteiger partial charge in [0.1, 0.15) is 18.2 Å². The molecule has 1 fully saturated rings. The van der Waals surface area contributed by atoms with Crippen LogP contribution in [0.25, 0.3) is 0 Å². The number of carbonyl (C=O) groups excluding carboxylic acids is 4. The van der Waals surface area contributed by atoms with E-state index in [-0.39, 0.29) is 41.8 Å². The van der Waals surface area contributed by atoms with E-state index in [1.54, 1.807) is 4.90 Å². The molecule has 3 N–H and O–H groups in total. The van der Waals surface area contributed by atoms with E-state index in [9.17, 15) is 19.2 Å². The molecule has 12 heteroatoms. The molecule has 4 amide bonds. The summed E-state index contributed by atoms with van der Waals surface area (Å²) in [5.41, 5.74) is 2.18. The Kier molecular flexibility index (Phi) is 17.4. The minimum absolute atomic E-state index is 0.129. The van der Waals surface area contributed by atoms with Crippen molar-refractivity contribution in [1.29, 1.82) is 0 Å². The summed E-state index contributed by atoms with van der Waals surface area (Å²) >= 11 is 0. The molecule has 1 saturated heterocycles. The Morgan fingerprint density at radius 3 is 1.75 bits per heavy atom. The van der Waals surface area contributed by atoms with Gasteiger partial charge in [-0.05, 0) is 93.6 Å². The highest BCUT2D eigenvalue weighted by molar-refractivity contribution is 6.74. The number of hydrogen-bond donors (Lipinski definition) is 3. The van der Waals surface area contributed by atoms with E-state index < -0.39 is 50.2 Å². The SMILES string of the molecule is CC(C)[C@H](NC(=O)C(Cc1ccccc1)CC(O[Si](C)(C)C(C)(C)C)C(Cc1ccccc1)NC(=O)OC(C)(C)C)C(=O)N1CCC(NC(=O)OCc2ccccc2)CC1. The minimum Gasteiger partial charge on any atom is -0.445 e. The maximum absolute atomic E-state index is 14.8. The number of rotatable bonds is 17. The van der Waals surface area contributed by atoms with Gasteiger partial charge in [-0.25, -0.2) is 9.59 Å². The summed E-state index contributed by atoms with van der Waals surface area (Å²) in [6.07, 6.45) is 0.692. The number of carbonyl (C=O) groups is 4. The number of piperidine rings is 1. The topological polar surface area (TPSA) is 135 Å². The summed E-state index contributed by atoms with van der Waals surface area (Å²) in [6, 6.07) is 27.9. The van der Waals surface area contributed by atoms with Gasteiger partial charge < -0.3 is 34.8 Å². The molecule has 0 aliphatic carbocycles. The van der Waals surface area contributed by atoms with E-state index in [1.165, 1.54) is 0 Å². The molecule has 11 nitrogen and oxygen atoms in total. The Bertz CT molecular complexity index is 1800. The average Bonchev–Trinajstić information content (AvgIpc) is 3.18. The van der Waals surface area contributed by atoms with Gasteiger partial charge in [0.25, 0.3) is 0 Å². The van der Waals surface area contributed by atoms with Crippen LogP contribution in [0.15, 0.2) is 91.0 Å². The molecular formula is C48H70N4O7Si. The average molecular weight is 843 g/mol. The molecule has 0 aromatic heterocycles. The fraction of sp³-hybridized carbons (Fsp3) is 0.542. The molecule has 4 rings (SSSR count). The van der Waals surface area contributed by atoms with Crippen molar-refractivity contribution in [3.8, 4) is 0 Å². The molecule has 328 valence electrons. The Morgan fingerprint density at radius 2 is 1.25 bits per heavy atom. The van der Waals surface area contributed by atoms with Crippen molar-refractivity contribution in [2.45, 2.75) is 142 Å². The zero-order valence-corrected chi connectivity index (χ0v) is 38.6. The first kappa shape index (κ1) is 48.0. The quantitative estimate of drug-likeness (QED) is 0.116. The highest BCUT2D eigenvalue weighted by Gasteiger charge is 2.43. The van der Waals surface area contributed by atoms with E-state index >= 15 is 0 Å². The third-order valence-corrected chi connectivity index (χ3v) is 16.0. The summed E-state index contributed by atoms with van der Waals surface area (Å²) in [6.45, 7) is 21.3. The normalized spacial score (nSPS) is 15.9. The van der Waals surface area contributed by atoms with Crippen LogP contribution in [-0.4, -0.2) is 80.1 Å². The van der Waals surface area contributed by atoms with E-state index in [4.69, 9.17) is 13.9 Å². The molecule has 60 heavy (non-hydrogen) atoms. The van der Waals surface area contributed by atoms with Crippen molar-refractivity contribution in [2.75, 3.05) is 13.1 Å². The van der Waals surface area contributed by atoms with E-state index in [0.717, 1.165) is 16.7 Å². The van der Waals surface area contributed by atoms with Crippen LogP contribution >= 0.6 is 0 Å². The standard InChI is InChI=1S/C48H70N4O7Si/c1-34(2)42(44(54)52-28-26-39(27-29-52)49-45(55)57-33-37-24-18-13-19-25-37)51-43(53)38(30-35-20-14-11-15-21-35)32-41(59-60(9,10)48(6,7)8)40(31-36-22-16-12-17-23-36)50-46(56)58-47(3,4)5/h11-25,34,38-42H,26-33H2,1-10H3,(H,49,55)(H,50,56)(H,51,53)/t38?,40?,41?,42-/m0/s1. The Hall–Kier alpha value is -4.68. The Morgan fingerprint density at radius 1 is 0.733 bits per heavy atom. The second-order valence-corrected chi connectivity index (χ2v) is 23.8. The van der Waals surface area contributed by atoms with Gasteiger partial charge in [-0.1, -0.05) is 126 Å². The molecule has 0 radical (unpaired) electrons. The number of amides is 4. The molecule has 0 saturated carbocycles. The third-order valence-electron chi connectivity index (χ3n) is 11.5. The number of benzene rings is 3. The van der Waals surface area contributed by atoms with Crippen LogP contribution in [0.3, 0.4) is 0 Å². The zero-order valence-electron chi connectivity index (χ0n) is 37.6. The van der Waals surface area contributed by atoms with Gasteiger partial charge >= 0.3 is 12.2 Å². The number of likely N-dealkylation sites (tertiary alicyclic amines) is 1. The number of nitrogens with zero attached hydrogens (tertiary/aromatic N) is 1. The van der Waals surface area contributed by atoms with Gasteiger partial charge in [-0.2, -0.15) is 0 Å². The minimum atomic E-state index is -2.49. The fourth-order valence-corrected chi connectivity index (χ4v) is 8.44. The van der Waals surface area contributed by atoms with E-state index in [0.29, 0.717) is 38.8 Å². The molecule has 0 bridgehead atoms. The second-order valence-electron chi connectivity index (χ2n) is 19.0. The van der Waals surface area contributed by atoms with Crippen LogP contribution in [0.4, 0.5) is 9.59 Å². The molecule has 1 aliphatic rings. The third kappa shape index (κ3) is 15.4. The fourth-order valence-electron chi connectivity index (χ4n) is 7.07. The summed E-state index contributed by atoms with van der Waals surface area (Å²) < 4.78 is 18.4. The van der Waals surface area contributed by atoms with Gasteiger partial charge in [0.15, 0.2) is 8.32 Å². The maximum Gasteiger partial charge on any atom is 0.407 e. The van der Waals surface area contributed by atoms with Crippen LogP contribution in [0.2, 0.25) is 18.1 Å². The lowest BCUT2D eigenvalue weighted by Crippen LogP contribution is -2.57. The molecular weight excluding hydrogens is 773 g/mol. The summed E-state index contributed by atoms with van der Waals surface area (Å²) in [5, 5.41) is 9.14.